The third-order valence-corrected chi connectivity index (χ3v) is 4.71. The zero-order valence-corrected chi connectivity index (χ0v) is 18.9. The Morgan fingerprint density at radius 3 is 2.39 bits per heavy atom. The van der Waals surface area contributed by atoms with Gasteiger partial charge in [-0.25, -0.2) is 9.97 Å². The Balaban J connectivity index is 0.00000280. The average Bonchev–Trinajstić information content (AvgIpc) is 2.75. The number of methoxy groups -OCH3 is 1. The van der Waals surface area contributed by atoms with Gasteiger partial charge in [0.05, 0.1) is 7.11 Å². The molecule has 28 heavy (non-hydrogen) atoms. The standard InChI is InChI=1S/C20H28N6O.HI/c1-21-19(22-10-3-5-17-6-8-18(27-2)9-7-17)25-13-15-26(16-14-25)20-23-11-4-12-24-20;/h4,6-9,11-12H,3,5,10,13-16H2,1-2H3,(H,21,22);1H. The van der Waals surface area contributed by atoms with Crippen LogP contribution in [0.1, 0.15) is 12.0 Å². The number of nitrogens with one attached hydrogen (secondary N) is 1. The smallest absolute Gasteiger partial charge is 0.225 e. The number of anilines is 1. The van der Waals surface area contributed by atoms with Crippen molar-refractivity contribution in [1.82, 2.24) is 20.2 Å². The highest BCUT2D eigenvalue weighted by molar-refractivity contribution is 14.0. The van der Waals surface area contributed by atoms with E-state index in [4.69, 9.17) is 4.74 Å². The van der Waals surface area contributed by atoms with Gasteiger partial charge in [0, 0.05) is 52.2 Å². The fourth-order valence-corrected chi connectivity index (χ4v) is 3.19. The predicted octanol–water partition coefficient (Wildman–Crippen LogP) is 2.43. The van der Waals surface area contributed by atoms with Crippen molar-refractivity contribution in [3.63, 3.8) is 0 Å². The first kappa shape index (κ1) is 22.2. The summed E-state index contributed by atoms with van der Waals surface area (Å²) in [6, 6.07) is 10.1. The van der Waals surface area contributed by atoms with Gasteiger partial charge in [0.2, 0.25) is 5.95 Å². The van der Waals surface area contributed by atoms with Crippen LogP contribution < -0.4 is 15.0 Å². The second kappa shape index (κ2) is 11.7. The van der Waals surface area contributed by atoms with Crippen LogP contribution in [-0.2, 0) is 6.42 Å². The quantitative estimate of drug-likeness (QED) is 0.287. The van der Waals surface area contributed by atoms with E-state index in [1.54, 1.807) is 19.5 Å². The van der Waals surface area contributed by atoms with Crippen LogP contribution in [-0.4, -0.2) is 67.7 Å². The van der Waals surface area contributed by atoms with E-state index < -0.39 is 0 Å². The number of hydrogen-bond donors (Lipinski definition) is 1. The summed E-state index contributed by atoms with van der Waals surface area (Å²) in [4.78, 5) is 17.6. The van der Waals surface area contributed by atoms with Gasteiger partial charge < -0.3 is 19.9 Å². The van der Waals surface area contributed by atoms with Crippen LogP contribution in [0, 0.1) is 0 Å². The lowest BCUT2D eigenvalue weighted by Crippen LogP contribution is -2.53. The highest BCUT2D eigenvalue weighted by Crippen LogP contribution is 2.12. The minimum Gasteiger partial charge on any atom is -0.497 e. The number of benzene rings is 1. The normalized spacial score (nSPS) is 14.4. The molecular weight excluding hydrogens is 467 g/mol. The van der Waals surface area contributed by atoms with E-state index in [1.807, 2.05) is 25.2 Å². The van der Waals surface area contributed by atoms with Crippen LogP contribution >= 0.6 is 24.0 Å². The van der Waals surface area contributed by atoms with E-state index in [9.17, 15) is 0 Å². The number of hydrogen-bond acceptors (Lipinski definition) is 5. The van der Waals surface area contributed by atoms with Gasteiger partial charge in [-0.05, 0) is 36.6 Å². The van der Waals surface area contributed by atoms with Gasteiger partial charge in [0.25, 0.3) is 0 Å². The lowest BCUT2D eigenvalue weighted by Gasteiger charge is -2.36. The molecule has 0 saturated carbocycles. The maximum Gasteiger partial charge on any atom is 0.225 e. The van der Waals surface area contributed by atoms with Crippen LogP contribution in [0.15, 0.2) is 47.7 Å². The Bertz CT molecular complexity index is 717. The van der Waals surface area contributed by atoms with E-state index >= 15 is 0 Å². The monoisotopic (exact) mass is 496 g/mol. The van der Waals surface area contributed by atoms with E-state index in [1.165, 1.54) is 5.56 Å². The van der Waals surface area contributed by atoms with Gasteiger partial charge in [0.15, 0.2) is 5.96 Å². The maximum absolute atomic E-state index is 5.20. The zero-order valence-electron chi connectivity index (χ0n) is 16.5. The van der Waals surface area contributed by atoms with Crippen molar-refractivity contribution in [2.75, 3.05) is 51.8 Å². The number of aliphatic imine (C=N–C) groups is 1. The highest BCUT2D eigenvalue weighted by Gasteiger charge is 2.20. The van der Waals surface area contributed by atoms with Gasteiger partial charge in [-0.2, -0.15) is 0 Å². The molecule has 0 radical (unpaired) electrons. The van der Waals surface area contributed by atoms with E-state index in [0.29, 0.717) is 0 Å². The molecule has 0 bridgehead atoms. The molecule has 3 rings (SSSR count). The second-order valence-electron chi connectivity index (χ2n) is 6.45. The van der Waals surface area contributed by atoms with Crippen molar-refractivity contribution in [3.8, 4) is 5.75 Å². The number of aryl methyl sites for hydroxylation is 1. The van der Waals surface area contributed by atoms with Gasteiger partial charge in [-0.1, -0.05) is 12.1 Å². The van der Waals surface area contributed by atoms with Crippen LogP contribution in [0.25, 0.3) is 0 Å². The molecule has 1 aromatic carbocycles. The molecule has 8 heteroatoms. The molecule has 1 aromatic heterocycles. The number of rotatable bonds is 6. The number of halogens is 1. The molecule has 2 aromatic rings. The van der Waals surface area contributed by atoms with Crippen molar-refractivity contribution < 1.29 is 4.74 Å². The SMILES string of the molecule is CN=C(NCCCc1ccc(OC)cc1)N1CCN(c2ncccn2)CC1.I. The third-order valence-electron chi connectivity index (χ3n) is 4.71. The molecule has 0 unspecified atom stereocenters. The molecule has 2 heterocycles. The molecule has 0 spiro atoms. The summed E-state index contributed by atoms with van der Waals surface area (Å²) in [6.07, 6.45) is 5.67. The highest BCUT2D eigenvalue weighted by atomic mass is 127. The summed E-state index contributed by atoms with van der Waals surface area (Å²) in [7, 11) is 3.54. The first-order valence-corrected chi connectivity index (χ1v) is 9.40. The third kappa shape index (κ3) is 6.22. The van der Waals surface area contributed by atoms with Crippen molar-refractivity contribution in [1.29, 1.82) is 0 Å². The molecule has 1 aliphatic rings. The van der Waals surface area contributed by atoms with Crippen molar-refractivity contribution in [3.05, 3.63) is 48.3 Å². The summed E-state index contributed by atoms with van der Waals surface area (Å²) in [6.45, 7) is 4.53. The molecule has 1 N–H and O–H groups in total. The van der Waals surface area contributed by atoms with Crippen LogP contribution in [0.5, 0.6) is 5.75 Å². The number of ether oxygens (including phenoxy) is 1. The fourth-order valence-electron chi connectivity index (χ4n) is 3.19. The molecule has 0 atom stereocenters. The van der Waals surface area contributed by atoms with Crippen LogP contribution in [0.3, 0.4) is 0 Å². The van der Waals surface area contributed by atoms with Gasteiger partial charge in [0.1, 0.15) is 5.75 Å². The molecule has 0 amide bonds. The largest absolute Gasteiger partial charge is 0.497 e. The van der Waals surface area contributed by atoms with Crippen molar-refractivity contribution in [2.24, 2.45) is 4.99 Å². The molecule has 152 valence electrons. The van der Waals surface area contributed by atoms with E-state index in [0.717, 1.165) is 63.2 Å². The zero-order chi connectivity index (χ0) is 18.9. The first-order valence-electron chi connectivity index (χ1n) is 9.40. The number of aromatic nitrogens is 2. The Morgan fingerprint density at radius 2 is 1.79 bits per heavy atom. The minimum absolute atomic E-state index is 0. The Morgan fingerprint density at radius 1 is 1.11 bits per heavy atom. The predicted molar refractivity (Wildman–Crippen MR) is 124 cm³/mol. The lowest BCUT2D eigenvalue weighted by molar-refractivity contribution is 0.370. The Hall–Kier alpha value is -2.10. The van der Waals surface area contributed by atoms with Gasteiger partial charge in [-0.3, -0.25) is 4.99 Å². The molecule has 1 fully saturated rings. The molecule has 1 aliphatic heterocycles. The summed E-state index contributed by atoms with van der Waals surface area (Å²) in [5.41, 5.74) is 1.32. The number of nitrogens with zero attached hydrogens (tertiary/aromatic N) is 5. The topological polar surface area (TPSA) is 65.9 Å². The average molecular weight is 496 g/mol. The molecular formula is C20H29IN6O. The molecule has 7 nitrogen and oxygen atoms in total. The molecule has 1 saturated heterocycles. The lowest BCUT2D eigenvalue weighted by atomic mass is 10.1. The van der Waals surface area contributed by atoms with Crippen LogP contribution in [0.4, 0.5) is 5.95 Å². The van der Waals surface area contributed by atoms with Crippen LogP contribution in [0.2, 0.25) is 0 Å². The summed E-state index contributed by atoms with van der Waals surface area (Å²) in [5, 5.41) is 3.49. The fraction of sp³-hybridized carbons (Fsp3) is 0.450. The minimum atomic E-state index is 0. The number of piperazine rings is 1. The maximum atomic E-state index is 5.20. The summed E-state index contributed by atoms with van der Waals surface area (Å²) < 4.78 is 5.20. The second-order valence-corrected chi connectivity index (χ2v) is 6.45. The van der Waals surface area contributed by atoms with Crippen molar-refractivity contribution in [2.45, 2.75) is 12.8 Å². The molecule has 0 aliphatic carbocycles. The van der Waals surface area contributed by atoms with E-state index in [2.05, 4.69) is 42.2 Å². The Labute approximate surface area is 184 Å². The summed E-state index contributed by atoms with van der Waals surface area (Å²) >= 11 is 0. The Kier molecular flexibility index (Phi) is 9.26. The number of guanidine groups is 1. The van der Waals surface area contributed by atoms with Crippen molar-refractivity contribution >= 4 is 35.9 Å². The van der Waals surface area contributed by atoms with Gasteiger partial charge >= 0.3 is 0 Å². The van der Waals surface area contributed by atoms with Gasteiger partial charge in [-0.15, -0.1) is 24.0 Å². The summed E-state index contributed by atoms with van der Waals surface area (Å²) in [5.74, 6) is 2.68. The first-order chi connectivity index (χ1) is 13.3. The van der Waals surface area contributed by atoms with E-state index in [-0.39, 0.29) is 24.0 Å².